The van der Waals surface area contributed by atoms with E-state index in [1.807, 2.05) is 49.4 Å². The van der Waals surface area contributed by atoms with Crippen molar-refractivity contribution in [3.63, 3.8) is 0 Å². The molecule has 0 saturated heterocycles. The van der Waals surface area contributed by atoms with E-state index in [1.165, 1.54) is 0 Å². The Morgan fingerprint density at radius 1 is 0.880 bits per heavy atom. The third-order valence-corrected chi connectivity index (χ3v) is 5.29. The largest absolute Gasteiger partial charge is 0.392 e. The van der Waals surface area contributed by atoms with E-state index in [9.17, 15) is 8.42 Å². The number of sulfonamides is 1. The van der Waals surface area contributed by atoms with E-state index in [0.717, 1.165) is 22.3 Å². The maximum Gasteiger partial charge on any atom is 0.261 e. The van der Waals surface area contributed by atoms with Crippen LogP contribution in [-0.2, 0) is 16.6 Å². The molecule has 0 aliphatic carbocycles. The van der Waals surface area contributed by atoms with Gasteiger partial charge in [-0.25, -0.2) is 8.42 Å². The number of hydrogen-bond acceptors (Lipinski definition) is 3. The van der Waals surface area contributed by atoms with Gasteiger partial charge in [0.25, 0.3) is 10.0 Å². The van der Waals surface area contributed by atoms with Crippen molar-refractivity contribution in [1.82, 2.24) is 0 Å². The fourth-order valence-electron chi connectivity index (χ4n) is 2.53. The molecule has 0 atom stereocenters. The van der Waals surface area contributed by atoms with Gasteiger partial charge >= 0.3 is 0 Å². The Morgan fingerprint density at radius 2 is 1.48 bits per heavy atom. The second-order valence-corrected chi connectivity index (χ2v) is 7.54. The first-order valence-electron chi connectivity index (χ1n) is 7.88. The van der Waals surface area contributed by atoms with E-state index >= 15 is 0 Å². The van der Waals surface area contributed by atoms with Crippen LogP contribution >= 0.6 is 0 Å². The molecule has 0 aliphatic heterocycles. The molecule has 3 aromatic carbocycles. The summed E-state index contributed by atoms with van der Waals surface area (Å²) in [5.74, 6) is 0. The lowest BCUT2D eigenvalue weighted by molar-refractivity contribution is 0.282. The van der Waals surface area contributed by atoms with Gasteiger partial charge in [-0.15, -0.1) is 0 Å². The van der Waals surface area contributed by atoms with E-state index in [-0.39, 0.29) is 11.5 Å². The fourth-order valence-corrected chi connectivity index (χ4v) is 3.69. The molecule has 0 bridgehead atoms. The van der Waals surface area contributed by atoms with Crippen LogP contribution in [-0.4, -0.2) is 13.5 Å². The van der Waals surface area contributed by atoms with Gasteiger partial charge in [0.1, 0.15) is 0 Å². The lowest BCUT2D eigenvalue weighted by Gasteiger charge is -2.10. The van der Waals surface area contributed by atoms with Gasteiger partial charge in [-0.2, -0.15) is 0 Å². The molecule has 4 nitrogen and oxygen atoms in total. The van der Waals surface area contributed by atoms with Gasteiger partial charge in [0.2, 0.25) is 0 Å². The summed E-state index contributed by atoms with van der Waals surface area (Å²) in [6.45, 7) is 1.87. The highest BCUT2D eigenvalue weighted by molar-refractivity contribution is 7.92. The van der Waals surface area contributed by atoms with Crippen LogP contribution in [0.5, 0.6) is 0 Å². The standard InChI is InChI=1S/C20H19NO3S/c1-15-3-2-4-20(13-15)25(23,24)21-19-11-9-18(10-12-19)17-7-5-16(14-22)6-8-17/h2-13,21-22H,14H2,1H3. The van der Waals surface area contributed by atoms with Gasteiger partial charge in [0, 0.05) is 5.69 Å². The van der Waals surface area contributed by atoms with Crippen molar-refractivity contribution in [2.24, 2.45) is 0 Å². The summed E-state index contributed by atoms with van der Waals surface area (Å²) in [4.78, 5) is 0.246. The molecule has 0 amide bonds. The first kappa shape index (κ1) is 17.2. The monoisotopic (exact) mass is 353 g/mol. The molecule has 128 valence electrons. The van der Waals surface area contributed by atoms with Gasteiger partial charge in [-0.3, -0.25) is 4.72 Å². The summed E-state index contributed by atoms with van der Waals surface area (Å²) < 4.78 is 27.5. The summed E-state index contributed by atoms with van der Waals surface area (Å²) in [5, 5.41) is 9.09. The molecular weight excluding hydrogens is 334 g/mol. The van der Waals surface area contributed by atoms with Gasteiger partial charge in [-0.1, -0.05) is 48.5 Å². The Labute approximate surface area is 147 Å². The highest BCUT2D eigenvalue weighted by Crippen LogP contribution is 2.23. The number of anilines is 1. The highest BCUT2D eigenvalue weighted by atomic mass is 32.2. The van der Waals surface area contributed by atoms with Crippen molar-refractivity contribution in [1.29, 1.82) is 0 Å². The van der Waals surface area contributed by atoms with Crippen molar-refractivity contribution < 1.29 is 13.5 Å². The number of aryl methyl sites for hydroxylation is 1. The lowest BCUT2D eigenvalue weighted by Crippen LogP contribution is -2.12. The topological polar surface area (TPSA) is 66.4 Å². The molecular formula is C20H19NO3S. The molecule has 2 N–H and O–H groups in total. The molecule has 3 aromatic rings. The number of aliphatic hydroxyl groups is 1. The van der Waals surface area contributed by atoms with Crippen molar-refractivity contribution in [2.75, 3.05) is 4.72 Å². The average Bonchev–Trinajstić information content (AvgIpc) is 2.62. The maximum absolute atomic E-state index is 12.4. The molecule has 3 rings (SSSR count). The second kappa shape index (κ2) is 7.09. The molecule has 0 fully saturated rings. The predicted octanol–water partition coefficient (Wildman–Crippen LogP) is 3.96. The zero-order valence-electron chi connectivity index (χ0n) is 13.8. The minimum absolute atomic E-state index is 0.0138. The number of hydrogen-bond donors (Lipinski definition) is 2. The first-order chi connectivity index (χ1) is 12.0. The lowest BCUT2D eigenvalue weighted by atomic mass is 10.0. The first-order valence-corrected chi connectivity index (χ1v) is 9.36. The molecule has 25 heavy (non-hydrogen) atoms. The Morgan fingerprint density at radius 3 is 2.04 bits per heavy atom. The minimum Gasteiger partial charge on any atom is -0.392 e. The fraction of sp³-hybridized carbons (Fsp3) is 0.100. The third kappa shape index (κ3) is 4.07. The van der Waals surface area contributed by atoms with E-state index in [1.54, 1.807) is 30.3 Å². The van der Waals surface area contributed by atoms with Crippen LogP contribution in [0.1, 0.15) is 11.1 Å². The molecule has 5 heteroatoms. The van der Waals surface area contributed by atoms with Crippen LogP contribution in [0.15, 0.2) is 77.7 Å². The number of rotatable bonds is 5. The van der Waals surface area contributed by atoms with Crippen molar-refractivity contribution >= 4 is 15.7 Å². The zero-order chi connectivity index (χ0) is 17.9. The molecule has 0 aromatic heterocycles. The van der Waals surface area contributed by atoms with Crippen LogP contribution in [0.25, 0.3) is 11.1 Å². The summed E-state index contributed by atoms with van der Waals surface area (Å²) in [7, 11) is -3.60. The van der Waals surface area contributed by atoms with E-state index in [2.05, 4.69) is 4.72 Å². The summed E-state index contributed by atoms with van der Waals surface area (Å²) in [5.41, 5.74) is 4.24. The Bertz CT molecular complexity index is 963. The molecule has 0 aliphatic rings. The van der Waals surface area contributed by atoms with E-state index in [4.69, 9.17) is 5.11 Å². The van der Waals surface area contributed by atoms with Gasteiger partial charge in [-0.05, 0) is 53.4 Å². The predicted molar refractivity (Wildman–Crippen MR) is 99.8 cm³/mol. The average molecular weight is 353 g/mol. The molecule has 0 spiro atoms. The number of benzene rings is 3. The van der Waals surface area contributed by atoms with Crippen LogP contribution in [0.3, 0.4) is 0 Å². The molecule has 0 heterocycles. The SMILES string of the molecule is Cc1cccc(S(=O)(=O)Nc2ccc(-c3ccc(CO)cc3)cc2)c1. The summed E-state index contributed by atoms with van der Waals surface area (Å²) in [6, 6.07) is 21.6. The summed E-state index contributed by atoms with van der Waals surface area (Å²) in [6.07, 6.45) is 0. The smallest absolute Gasteiger partial charge is 0.261 e. The maximum atomic E-state index is 12.4. The number of nitrogens with one attached hydrogen (secondary N) is 1. The van der Waals surface area contributed by atoms with Gasteiger partial charge in [0.15, 0.2) is 0 Å². The second-order valence-electron chi connectivity index (χ2n) is 5.85. The molecule has 0 saturated carbocycles. The quantitative estimate of drug-likeness (QED) is 0.730. The Hall–Kier alpha value is -2.63. The summed E-state index contributed by atoms with van der Waals surface area (Å²) >= 11 is 0. The Balaban J connectivity index is 1.80. The van der Waals surface area contributed by atoms with Crippen molar-refractivity contribution in [3.05, 3.63) is 83.9 Å². The van der Waals surface area contributed by atoms with E-state index in [0.29, 0.717) is 5.69 Å². The van der Waals surface area contributed by atoms with Crippen LogP contribution < -0.4 is 4.72 Å². The Kier molecular flexibility index (Phi) is 4.88. The van der Waals surface area contributed by atoms with Gasteiger partial charge < -0.3 is 5.11 Å². The third-order valence-electron chi connectivity index (χ3n) is 3.91. The van der Waals surface area contributed by atoms with Crippen LogP contribution in [0.4, 0.5) is 5.69 Å². The van der Waals surface area contributed by atoms with Crippen LogP contribution in [0.2, 0.25) is 0 Å². The number of aliphatic hydroxyl groups excluding tert-OH is 1. The van der Waals surface area contributed by atoms with Crippen molar-refractivity contribution in [3.8, 4) is 11.1 Å². The van der Waals surface area contributed by atoms with Gasteiger partial charge in [0.05, 0.1) is 11.5 Å². The zero-order valence-corrected chi connectivity index (χ0v) is 14.6. The highest BCUT2D eigenvalue weighted by Gasteiger charge is 2.14. The minimum atomic E-state index is -3.60. The normalized spacial score (nSPS) is 11.3. The molecule has 0 radical (unpaired) electrons. The van der Waals surface area contributed by atoms with E-state index < -0.39 is 10.0 Å². The van der Waals surface area contributed by atoms with Crippen molar-refractivity contribution in [2.45, 2.75) is 18.4 Å². The van der Waals surface area contributed by atoms with Crippen LogP contribution in [0, 0.1) is 6.92 Å². The molecule has 0 unspecified atom stereocenters.